The number of nitrogens with zero attached hydrogens (tertiary/aromatic N) is 2. The van der Waals surface area contributed by atoms with Crippen molar-refractivity contribution in [3.05, 3.63) is 41.6 Å². The first-order valence-electron chi connectivity index (χ1n) is 4.47. The molecule has 0 amide bonds. The third kappa shape index (κ3) is 1.90. The molecule has 4 heteroatoms. The molecule has 1 aromatic heterocycles. The van der Waals surface area contributed by atoms with Crippen LogP contribution in [0.4, 0.5) is 5.82 Å². The van der Waals surface area contributed by atoms with Crippen LogP contribution in [0, 0.1) is 0 Å². The van der Waals surface area contributed by atoms with Gasteiger partial charge in [0.2, 0.25) is 0 Å². The van der Waals surface area contributed by atoms with Crippen LogP contribution in [-0.4, -0.2) is 10.3 Å². The number of aromatic nitrogens is 2. The summed E-state index contributed by atoms with van der Waals surface area (Å²) in [5.41, 5.74) is 7.53. The van der Waals surface area contributed by atoms with Crippen molar-refractivity contribution in [1.29, 1.82) is 0 Å². The van der Waals surface area contributed by atoms with Gasteiger partial charge in [-0.3, -0.25) is 0 Å². The SMILES string of the molecule is Nc1nonc1CCc1ccccc1. The van der Waals surface area contributed by atoms with E-state index in [1.54, 1.807) is 0 Å². The quantitative estimate of drug-likeness (QED) is 0.793. The summed E-state index contributed by atoms with van der Waals surface area (Å²) in [4.78, 5) is 0. The van der Waals surface area contributed by atoms with Crippen molar-refractivity contribution < 1.29 is 4.63 Å². The molecule has 0 fully saturated rings. The topological polar surface area (TPSA) is 64.9 Å². The van der Waals surface area contributed by atoms with Crippen LogP contribution < -0.4 is 5.73 Å². The highest BCUT2D eigenvalue weighted by atomic mass is 16.6. The van der Waals surface area contributed by atoms with E-state index in [4.69, 9.17) is 5.73 Å². The Kier molecular flexibility index (Phi) is 2.44. The molecule has 2 N–H and O–H groups in total. The van der Waals surface area contributed by atoms with E-state index in [0.29, 0.717) is 5.82 Å². The molecular formula is C10H11N3O. The molecule has 72 valence electrons. The maximum Gasteiger partial charge on any atom is 0.191 e. The lowest BCUT2D eigenvalue weighted by Crippen LogP contribution is -1.96. The molecule has 0 saturated heterocycles. The Balaban J connectivity index is 1.99. The number of nitrogen functional groups attached to an aromatic ring is 1. The summed E-state index contributed by atoms with van der Waals surface area (Å²) in [5.74, 6) is 0.390. The maximum absolute atomic E-state index is 5.54. The molecule has 0 aliphatic carbocycles. The molecular weight excluding hydrogens is 178 g/mol. The number of aryl methyl sites for hydroxylation is 2. The molecule has 0 saturated carbocycles. The molecule has 0 radical (unpaired) electrons. The van der Waals surface area contributed by atoms with Crippen LogP contribution in [0.2, 0.25) is 0 Å². The summed E-state index contributed by atoms with van der Waals surface area (Å²) >= 11 is 0. The van der Waals surface area contributed by atoms with E-state index in [-0.39, 0.29) is 0 Å². The standard InChI is InChI=1S/C10H11N3O/c11-10-9(12-14-13-10)7-6-8-4-2-1-3-5-8/h1-5H,6-7H2,(H2,11,13). The third-order valence-electron chi connectivity index (χ3n) is 2.08. The van der Waals surface area contributed by atoms with Crippen molar-refractivity contribution in [2.75, 3.05) is 5.73 Å². The van der Waals surface area contributed by atoms with E-state index in [1.807, 2.05) is 18.2 Å². The average Bonchev–Trinajstić information content (AvgIpc) is 2.63. The van der Waals surface area contributed by atoms with Crippen LogP contribution >= 0.6 is 0 Å². The molecule has 0 spiro atoms. The van der Waals surface area contributed by atoms with Crippen LogP contribution in [0.1, 0.15) is 11.3 Å². The van der Waals surface area contributed by atoms with Gasteiger partial charge in [-0.1, -0.05) is 35.5 Å². The molecule has 1 aromatic carbocycles. The molecule has 4 nitrogen and oxygen atoms in total. The number of anilines is 1. The minimum atomic E-state index is 0.390. The monoisotopic (exact) mass is 189 g/mol. The Labute approximate surface area is 81.7 Å². The zero-order valence-corrected chi connectivity index (χ0v) is 7.68. The van der Waals surface area contributed by atoms with Gasteiger partial charge in [0.15, 0.2) is 5.82 Å². The van der Waals surface area contributed by atoms with Gasteiger partial charge in [-0.15, -0.1) is 0 Å². The molecule has 0 atom stereocenters. The Morgan fingerprint density at radius 3 is 2.50 bits per heavy atom. The first-order valence-corrected chi connectivity index (χ1v) is 4.47. The van der Waals surface area contributed by atoms with E-state index in [1.165, 1.54) is 5.56 Å². The summed E-state index contributed by atoms with van der Waals surface area (Å²) in [6, 6.07) is 10.2. The largest absolute Gasteiger partial charge is 0.379 e. The van der Waals surface area contributed by atoms with Crippen LogP contribution in [0.5, 0.6) is 0 Å². The number of nitrogens with two attached hydrogens (primary N) is 1. The van der Waals surface area contributed by atoms with Crippen LogP contribution in [0.3, 0.4) is 0 Å². The van der Waals surface area contributed by atoms with E-state index < -0.39 is 0 Å². The number of hydrogen-bond donors (Lipinski definition) is 1. The predicted octanol–water partition coefficient (Wildman–Crippen LogP) is 1.44. The van der Waals surface area contributed by atoms with Gasteiger partial charge in [0.05, 0.1) is 0 Å². The Morgan fingerprint density at radius 1 is 1.07 bits per heavy atom. The smallest absolute Gasteiger partial charge is 0.191 e. The second-order valence-electron chi connectivity index (χ2n) is 3.08. The van der Waals surface area contributed by atoms with E-state index in [0.717, 1.165) is 18.5 Å². The normalized spacial score (nSPS) is 10.3. The Morgan fingerprint density at radius 2 is 1.86 bits per heavy atom. The minimum Gasteiger partial charge on any atom is -0.379 e. The van der Waals surface area contributed by atoms with E-state index in [2.05, 4.69) is 27.1 Å². The molecule has 2 rings (SSSR count). The molecule has 2 aromatic rings. The van der Waals surface area contributed by atoms with Crippen molar-refractivity contribution in [2.45, 2.75) is 12.8 Å². The van der Waals surface area contributed by atoms with Crippen molar-refractivity contribution >= 4 is 5.82 Å². The first kappa shape index (κ1) is 8.74. The fraction of sp³-hybridized carbons (Fsp3) is 0.200. The van der Waals surface area contributed by atoms with Gasteiger partial charge >= 0.3 is 0 Å². The lowest BCUT2D eigenvalue weighted by atomic mass is 10.1. The minimum absolute atomic E-state index is 0.390. The number of rotatable bonds is 3. The summed E-state index contributed by atoms with van der Waals surface area (Å²) in [6.45, 7) is 0. The summed E-state index contributed by atoms with van der Waals surface area (Å²) in [5, 5.41) is 7.24. The predicted molar refractivity (Wildman–Crippen MR) is 52.6 cm³/mol. The van der Waals surface area contributed by atoms with Gasteiger partial charge in [-0.25, -0.2) is 4.63 Å². The molecule has 0 bridgehead atoms. The highest BCUT2D eigenvalue weighted by Crippen LogP contribution is 2.09. The zero-order chi connectivity index (χ0) is 9.80. The molecule has 0 unspecified atom stereocenters. The number of benzene rings is 1. The van der Waals surface area contributed by atoms with Gasteiger partial charge in [-0.05, 0) is 17.1 Å². The Hall–Kier alpha value is -1.84. The lowest BCUT2D eigenvalue weighted by Gasteiger charge is -1.97. The molecule has 1 heterocycles. The second-order valence-corrected chi connectivity index (χ2v) is 3.08. The highest BCUT2D eigenvalue weighted by molar-refractivity contribution is 5.31. The lowest BCUT2D eigenvalue weighted by molar-refractivity contribution is 0.305. The molecule has 0 aliphatic rings. The fourth-order valence-electron chi connectivity index (χ4n) is 1.29. The fourth-order valence-corrected chi connectivity index (χ4v) is 1.29. The summed E-state index contributed by atoms with van der Waals surface area (Å²) in [6.07, 6.45) is 1.67. The van der Waals surface area contributed by atoms with Crippen molar-refractivity contribution in [3.63, 3.8) is 0 Å². The van der Waals surface area contributed by atoms with Crippen molar-refractivity contribution in [3.8, 4) is 0 Å². The zero-order valence-electron chi connectivity index (χ0n) is 7.68. The van der Waals surface area contributed by atoms with E-state index >= 15 is 0 Å². The van der Waals surface area contributed by atoms with Crippen LogP contribution in [-0.2, 0) is 12.8 Å². The van der Waals surface area contributed by atoms with Gasteiger partial charge in [0.25, 0.3) is 0 Å². The van der Waals surface area contributed by atoms with Crippen LogP contribution in [0.25, 0.3) is 0 Å². The number of hydrogen-bond acceptors (Lipinski definition) is 4. The van der Waals surface area contributed by atoms with E-state index in [9.17, 15) is 0 Å². The average molecular weight is 189 g/mol. The van der Waals surface area contributed by atoms with Crippen molar-refractivity contribution in [2.24, 2.45) is 0 Å². The second kappa shape index (κ2) is 3.91. The summed E-state index contributed by atoms with van der Waals surface area (Å²) < 4.78 is 4.51. The van der Waals surface area contributed by atoms with Crippen molar-refractivity contribution in [1.82, 2.24) is 10.3 Å². The summed E-state index contributed by atoms with van der Waals surface area (Å²) in [7, 11) is 0. The van der Waals surface area contributed by atoms with Gasteiger partial charge in [-0.2, -0.15) is 0 Å². The van der Waals surface area contributed by atoms with Gasteiger partial charge in [0, 0.05) is 6.42 Å². The van der Waals surface area contributed by atoms with Crippen LogP contribution in [0.15, 0.2) is 35.0 Å². The Bertz CT molecular complexity index is 397. The first-order chi connectivity index (χ1) is 6.86. The molecule has 0 aliphatic heterocycles. The third-order valence-corrected chi connectivity index (χ3v) is 2.08. The van der Waals surface area contributed by atoms with Gasteiger partial charge in [0.1, 0.15) is 5.69 Å². The molecule has 14 heavy (non-hydrogen) atoms. The maximum atomic E-state index is 5.54. The van der Waals surface area contributed by atoms with Gasteiger partial charge < -0.3 is 5.73 Å². The highest BCUT2D eigenvalue weighted by Gasteiger charge is 2.05.